The molecule has 0 bridgehead atoms. The van der Waals surface area contributed by atoms with Crippen LogP contribution in [0.2, 0.25) is 0 Å². The van der Waals surface area contributed by atoms with E-state index in [0.717, 1.165) is 40.6 Å². The van der Waals surface area contributed by atoms with Gasteiger partial charge in [0.25, 0.3) is 5.91 Å². The van der Waals surface area contributed by atoms with E-state index in [4.69, 9.17) is 9.47 Å². The van der Waals surface area contributed by atoms with Gasteiger partial charge in [0.1, 0.15) is 23.7 Å². The second kappa shape index (κ2) is 8.78. The van der Waals surface area contributed by atoms with Crippen molar-refractivity contribution in [2.45, 2.75) is 32.0 Å². The summed E-state index contributed by atoms with van der Waals surface area (Å²) >= 11 is 0. The SMILES string of the molecule is Cn1cc2c(-c3ccc(CN4Cc5ncccc5C4=O)c(F)c3)ccc(OCCOC3CC3)c2n1. The number of carbonyl (C=O) groups is 1. The summed E-state index contributed by atoms with van der Waals surface area (Å²) in [7, 11) is 1.85. The predicted molar refractivity (Wildman–Crippen MR) is 128 cm³/mol. The van der Waals surface area contributed by atoms with Crippen molar-refractivity contribution >= 4 is 16.8 Å². The Balaban J connectivity index is 1.22. The van der Waals surface area contributed by atoms with Crippen LogP contribution in [0.3, 0.4) is 0 Å². The molecule has 0 N–H and O–H groups in total. The Kier molecular flexibility index (Phi) is 5.45. The maximum atomic E-state index is 15.2. The highest BCUT2D eigenvalue weighted by Gasteiger charge is 2.28. The van der Waals surface area contributed by atoms with E-state index >= 15 is 4.39 Å². The van der Waals surface area contributed by atoms with Crippen molar-refractivity contribution in [3.63, 3.8) is 0 Å². The molecule has 178 valence electrons. The lowest BCUT2D eigenvalue weighted by atomic mass is 9.99. The average Bonchev–Trinajstić information content (AvgIpc) is 3.52. The van der Waals surface area contributed by atoms with E-state index in [2.05, 4.69) is 10.1 Å². The molecule has 2 aliphatic rings. The number of hydrogen-bond acceptors (Lipinski definition) is 5. The van der Waals surface area contributed by atoms with E-state index in [1.54, 1.807) is 34.0 Å². The minimum atomic E-state index is -0.353. The highest BCUT2D eigenvalue weighted by molar-refractivity contribution is 5.98. The Labute approximate surface area is 202 Å². The Morgan fingerprint density at radius 2 is 2.00 bits per heavy atom. The summed E-state index contributed by atoms with van der Waals surface area (Å²) in [4.78, 5) is 18.5. The van der Waals surface area contributed by atoms with E-state index < -0.39 is 0 Å². The number of benzene rings is 2. The van der Waals surface area contributed by atoms with Crippen LogP contribution in [0.4, 0.5) is 4.39 Å². The highest BCUT2D eigenvalue weighted by atomic mass is 19.1. The summed E-state index contributed by atoms with van der Waals surface area (Å²) in [6, 6.07) is 12.5. The van der Waals surface area contributed by atoms with Crippen LogP contribution in [-0.2, 0) is 24.9 Å². The molecule has 1 aliphatic carbocycles. The van der Waals surface area contributed by atoms with Gasteiger partial charge in [-0.05, 0) is 54.3 Å². The molecule has 3 heterocycles. The number of pyridine rings is 1. The maximum Gasteiger partial charge on any atom is 0.256 e. The molecule has 35 heavy (non-hydrogen) atoms. The lowest BCUT2D eigenvalue weighted by Crippen LogP contribution is -2.23. The number of aryl methyl sites for hydroxylation is 1. The summed E-state index contributed by atoms with van der Waals surface area (Å²) in [5, 5.41) is 5.45. The number of nitrogens with zero attached hydrogens (tertiary/aromatic N) is 4. The molecule has 1 amide bonds. The minimum Gasteiger partial charge on any atom is -0.489 e. The fourth-order valence-electron chi connectivity index (χ4n) is 4.52. The topological polar surface area (TPSA) is 69.5 Å². The van der Waals surface area contributed by atoms with E-state index in [1.807, 2.05) is 31.4 Å². The number of fused-ring (bicyclic) bond motifs is 2. The van der Waals surface area contributed by atoms with Gasteiger partial charge in [0.05, 0.1) is 30.5 Å². The molecular formula is C27H25FN4O3. The van der Waals surface area contributed by atoms with Gasteiger partial charge in [-0.1, -0.05) is 12.1 Å². The second-order valence-corrected chi connectivity index (χ2v) is 9.06. The van der Waals surface area contributed by atoms with Crippen LogP contribution in [-0.4, -0.2) is 44.9 Å². The van der Waals surface area contributed by atoms with Crippen molar-refractivity contribution in [3.05, 3.63) is 77.5 Å². The number of hydrogen-bond donors (Lipinski definition) is 0. The summed E-state index contributed by atoms with van der Waals surface area (Å²) in [6.07, 6.45) is 6.24. The molecule has 8 heteroatoms. The first-order valence-corrected chi connectivity index (χ1v) is 11.8. The quantitative estimate of drug-likeness (QED) is 0.354. The molecule has 0 spiro atoms. The van der Waals surface area contributed by atoms with Crippen molar-refractivity contribution in [1.29, 1.82) is 0 Å². The fourth-order valence-corrected chi connectivity index (χ4v) is 4.52. The van der Waals surface area contributed by atoms with E-state index in [0.29, 0.717) is 42.7 Å². The first-order valence-electron chi connectivity index (χ1n) is 11.8. The smallest absolute Gasteiger partial charge is 0.256 e. The van der Waals surface area contributed by atoms with Gasteiger partial charge in [0, 0.05) is 36.9 Å². The Morgan fingerprint density at radius 1 is 1.11 bits per heavy atom. The number of ether oxygens (including phenoxy) is 2. The zero-order chi connectivity index (χ0) is 23.9. The van der Waals surface area contributed by atoms with Crippen LogP contribution in [0, 0.1) is 5.82 Å². The normalized spacial score (nSPS) is 15.1. The van der Waals surface area contributed by atoms with Crippen molar-refractivity contribution in [1.82, 2.24) is 19.7 Å². The fraction of sp³-hybridized carbons (Fsp3) is 0.296. The molecule has 6 rings (SSSR count). The molecule has 1 fully saturated rings. The zero-order valence-electron chi connectivity index (χ0n) is 19.4. The monoisotopic (exact) mass is 472 g/mol. The first kappa shape index (κ1) is 21.7. The van der Waals surface area contributed by atoms with Crippen LogP contribution in [0.25, 0.3) is 22.0 Å². The van der Waals surface area contributed by atoms with E-state index in [-0.39, 0.29) is 18.3 Å². The van der Waals surface area contributed by atoms with Gasteiger partial charge in [0.2, 0.25) is 0 Å². The van der Waals surface area contributed by atoms with Gasteiger partial charge >= 0.3 is 0 Å². The molecule has 4 aromatic rings. The lowest BCUT2D eigenvalue weighted by Gasteiger charge is -2.16. The third-order valence-electron chi connectivity index (χ3n) is 6.45. The van der Waals surface area contributed by atoms with Crippen molar-refractivity contribution in [2.75, 3.05) is 13.2 Å². The Bertz CT molecular complexity index is 1430. The number of rotatable bonds is 8. The highest BCUT2D eigenvalue weighted by Crippen LogP contribution is 2.35. The first-order chi connectivity index (χ1) is 17.1. The van der Waals surface area contributed by atoms with Crippen LogP contribution in [0.5, 0.6) is 5.75 Å². The van der Waals surface area contributed by atoms with Gasteiger partial charge < -0.3 is 14.4 Å². The maximum absolute atomic E-state index is 15.2. The summed E-state index contributed by atoms with van der Waals surface area (Å²) in [6.45, 7) is 1.59. The molecule has 0 unspecified atom stereocenters. The van der Waals surface area contributed by atoms with Gasteiger partial charge in [0.15, 0.2) is 0 Å². The second-order valence-electron chi connectivity index (χ2n) is 9.06. The standard InChI is InChI=1S/C27H25FN4O3/c1-31-15-22-20(8-9-25(26(22)30-31)35-12-11-34-19-6-7-19)17-4-5-18(23(28)13-17)14-32-16-24-21(27(32)33)3-2-10-29-24/h2-5,8-10,13,15,19H,6-7,11-12,14,16H2,1H3. The van der Waals surface area contributed by atoms with Gasteiger partial charge in [-0.25, -0.2) is 4.39 Å². The molecule has 1 aliphatic heterocycles. The molecule has 7 nitrogen and oxygen atoms in total. The summed E-state index contributed by atoms with van der Waals surface area (Å²) in [5.74, 6) is 0.210. The summed E-state index contributed by atoms with van der Waals surface area (Å²) < 4.78 is 28.5. The number of carbonyl (C=O) groups excluding carboxylic acids is 1. The van der Waals surface area contributed by atoms with Crippen molar-refractivity contribution in [2.24, 2.45) is 7.05 Å². The largest absolute Gasteiger partial charge is 0.489 e. The van der Waals surface area contributed by atoms with Gasteiger partial charge in [-0.15, -0.1) is 0 Å². The lowest BCUT2D eigenvalue weighted by molar-refractivity contribution is 0.0765. The summed E-state index contributed by atoms with van der Waals surface area (Å²) in [5.41, 5.74) is 4.13. The molecule has 1 saturated carbocycles. The van der Waals surface area contributed by atoms with Crippen molar-refractivity contribution < 1.29 is 18.7 Å². The molecule has 0 atom stereocenters. The van der Waals surface area contributed by atoms with E-state index in [1.165, 1.54) is 6.07 Å². The van der Waals surface area contributed by atoms with Crippen LogP contribution in [0.1, 0.15) is 34.5 Å². The molecule has 2 aromatic heterocycles. The number of amides is 1. The molecule has 0 saturated heterocycles. The third kappa shape index (κ3) is 4.25. The van der Waals surface area contributed by atoms with Crippen LogP contribution < -0.4 is 4.74 Å². The zero-order valence-corrected chi connectivity index (χ0v) is 19.4. The van der Waals surface area contributed by atoms with Crippen LogP contribution in [0.15, 0.2) is 54.9 Å². The van der Waals surface area contributed by atoms with Gasteiger partial charge in [-0.3, -0.25) is 14.5 Å². The Morgan fingerprint density at radius 3 is 2.80 bits per heavy atom. The van der Waals surface area contributed by atoms with Crippen molar-refractivity contribution in [3.8, 4) is 16.9 Å². The number of aromatic nitrogens is 3. The van der Waals surface area contributed by atoms with Crippen LogP contribution >= 0.6 is 0 Å². The third-order valence-corrected chi connectivity index (χ3v) is 6.45. The van der Waals surface area contributed by atoms with E-state index in [9.17, 15) is 4.79 Å². The minimum absolute atomic E-state index is 0.119. The Hall–Kier alpha value is -3.78. The van der Waals surface area contributed by atoms with Gasteiger partial charge in [-0.2, -0.15) is 5.10 Å². The molecular weight excluding hydrogens is 447 g/mol. The number of halogens is 1. The molecule has 2 aromatic carbocycles. The average molecular weight is 473 g/mol. The predicted octanol–water partition coefficient (Wildman–Crippen LogP) is 4.49. The molecule has 0 radical (unpaired) electrons.